The van der Waals surface area contributed by atoms with Crippen LogP contribution in [0.5, 0.6) is 11.6 Å². The molecule has 1 aromatic carbocycles. The number of amides is 1. The van der Waals surface area contributed by atoms with Gasteiger partial charge in [-0.15, -0.1) is 0 Å². The van der Waals surface area contributed by atoms with Gasteiger partial charge in [-0.2, -0.15) is 23.3 Å². The van der Waals surface area contributed by atoms with Crippen LogP contribution >= 0.6 is 11.6 Å². The molecule has 14 heteroatoms. The lowest BCUT2D eigenvalue weighted by Crippen LogP contribution is -2.21. The van der Waals surface area contributed by atoms with Crippen molar-refractivity contribution in [1.82, 2.24) is 24.7 Å². The van der Waals surface area contributed by atoms with E-state index in [1.165, 1.54) is 30.5 Å². The molecule has 0 unspecified atom stereocenters. The quantitative estimate of drug-likeness (QED) is 0.401. The minimum absolute atomic E-state index is 0.102. The van der Waals surface area contributed by atoms with Crippen molar-refractivity contribution in [2.24, 2.45) is 5.73 Å². The summed E-state index contributed by atoms with van der Waals surface area (Å²) in [5.41, 5.74) is 7.75. The predicted octanol–water partition coefficient (Wildman–Crippen LogP) is 4.01. The smallest absolute Gasteiger partial charge is 0.434 e. The van der Waals surface area contributed by atoms with E-state index in [4.69, 9.17) is 27.8 Å². The minimum atomic E-state index is -5.03. The maximum Gasteiger partial charge on any atom is 0.434 e. The van der Waals surface area contributed by atoms with E-state index in [0.717, 1.165) is 18.5 Å². The molecule has 0 radical (unpaired) electrons. The molecule has 4 N–H and O–H groups in total. The van der Waals surface area contributed by atoms with Crippen LogP contribution in [-0.2, 0) is 6.18 Å². The largest absolute Gasteiger partial charge is 0.434 e. The molecule has 9 nitrogen and oxygen atoms in total. The molecule has 3 aromatic heterocycles. The molecular formula is C20H12ClF4N7O2. The van der Waals surface area contributed by atoms with Crippen molar-refractivity contribution in [2.75, 3.05) is 5.73 Å². The molecule has 0 fully saturated rings. The number of nitrogens with two attached hydrogens (primary N) is 2. The van der Waals surface area contributed by atoms with Gasteiger partial charge in [-0.1, -0.05) is 17.7 Å². The molecule has 4 rings (SSSR count). The van der Waals surface area contributed by atoms with E-state index in [1.54, 1.807) is 0 Å². The van der Waals surface area contributed by atoms with Crippen LogP contribution in [0.15, 0.2) is 48.9 Å². The van der Waals surface area contributed by atoms with Crippen LogP contribution in [0.25, 0.3) is 17.1 Å². The topological polar surface area (TPSA) is 135 Å². The number of hydrogen-bond donors (Lipinski definition) is 2. The summed E-state index contributed by atoms with van der Waals surface area (Å²) in [6, 6.07) is 7.29. The van der Waals surface area contributed by atoms with Crippen molar-refractivity contribution in [3.8, 4) is 28.7 Å². The number of hydrogen-bond acceptors (Lipinski definition) is 7. The van der Waals surface area contributed by atoms with E-state index in [1.807, 2.05) is 0 Å². The van der Waals surface area contributed by atoms with Crippen molar-refractivity contribution in [3.05, 3.63) is 71.0 Å². The van der Waals surface area contributed by atoms with Gasteiger partial charge in [0.15, 0.2) is 23.1 Å². The lowest BCUT2D eigenvalue weighted by atomic mass is 10.0. The number of ether oxygens (including phenoxy) is 1. The first-order valence-electron chi connectivity index (χ1n) is 9.23. The second kappa shape index (κ2) is 8.59. The van der Waals surface area contributed by atoms with Gasteiger partial charge in [0.1, 0.15) is 22.9 Å². The summed E-state index contributed by atoms with van der Waals surface area (Å²) in [4.78, 5) is 23.3. The van der Waals surface area contributed by atoms with Crippen LogP contribution in [0, 0.1) is 5.82 Å². The molecule has 0 atom stereocenters. The minimum Gasteiger partial charge on any atom is -0.434 e. The maximum atomic E-state index is 14.8. The van der Waals surface area contributed by atoms with Gasteiger partial charge in [-0.25, -0.2) is 19.0 Å². The van der Waals surface area contributed by atoms with Gasteiger partial charge < -0.3 is 16.2 Å². The Balaban J connectivity index is 1.84. The van der Waals surface area contributed by atoms with E-state index in [0.29, 0.717) is 4.68 Å². The molecule has 0 saturated carbocycles. The number of aromatic nitrogens is 5. The van der Waals surface area contributed by atoms with Crippen LogP contribution < -0.4 is 16.2 Å². The van der Waals surface area contributed by atoms with Gasteiger partial charge in [0.25, 0.3) is 5.91 Å². The van der Waals surface area contributed by atoms with Gasteiger partial charge in [-0.05, 0) is 30.3 Å². The van der Waals surface area contributed by atoms with Crippen molar-refractivity contribution in [1.29, 1.82) is 0 Å². The van der Waals surface area contributed by atoms with E-state index in [-0.39, 0.29) is 33.9 Å². The van der Waals surface area contributed by atoms with Gasteiger partial charge in [0, 0.05) is 11.8 Å². The summed E-state index contributed by atoms with van der Waals surface area (Å²) in [7, 11) is 0. The highest BCUT2D eigenvalue weighted by Crippen LogP contribution is 2.39. The third-order valence-corrected chi connectivity index (χ3v) is 4.82. The van der Waals surface area contributed by atoms with Crippen LogP contribution in [0.1, 0.15) is 16.1 Å². The lowest BCUT2D eigenvalue weighted by Gasteiger charge is -2.11. The molecule has 1 amide bonds. The number of rotatable bonds is 5. The molecular weight excluding hydrogens is 482 g/mol. The van der Waals surface area contributed by atoms with Crippen molar-refractivity contribution >= 4 is 23.3 Å². The summed E-state index contributed by atoms with van der Waals surface area (Å²) >= 11 is 5.93. The fraction of sp³-hybridized carbons (Fsp3) is 0.0500. The molecule has 0 saturated heterocycles. The Labute approximate surface area is 193 Å². The van der Waals surface area contributed by atoms with Gasteiger partial charge >= 0.3 is 6.18 Å². The van der Waals surface area contributed by atoms with E-state index < -0.39 is 34.9 Å². The summed E-state index contributed by atoms with van der Waals surface area (Å²) in [5.74, 6) is -3.35. The van der Waals surface area contributed by atoms with Crippen LogP contribution in [0.3, 0.4) is 0 Å². The summed E-state index contributed by atoms with van der Waals surface area (Å²) in [6.45, 7) is 0. The number of anilines is 1. The predicted molar refractivity (Wildman–Crippen MR) is 112 cm³/mol. The fourth-order valence-electron chi connectivity index (χ4n) is 3.03. The zero-order valence-corrected chi connectivity index (χ0v) is 17.5. The zero-order chi connectivity index (χ0) is 24.6. The highest BCUT2D eigenvalue weighted by molar-refractivity contribution is 6.34. The highest BCUT2D eigenvalue weighted by Gasteiger charge is 2.42. The van der Waals surface area contributed by atoms with Crippen LogP contribution in [-0.4, -0.2) is 30.6 Å². The first-order valence-corrected chi connectivity index (χ1v) is 9.61. The molecule has 0 bridgehead atoms. The highest BCUT2D eigenvalue weighted by atomic mass is 35.5. The van der Waals surface area contributed by atoms with Crippen molar-refractivity contribution in [3.63, 3.8) is 0 Å². The SMILES string of the molecule is NC(=O)c1c(-c2ccc(Oc3ncnc(N)c3Cl)c(F)c2)nn(-c2ccccn2)c1C(F)(F)F. The maximum absolute atomic E-state index is 14.8. The molecule has 34 heavy (non-hydrogen) atoms. The molecule has 3 heterocycles. The molecule has 0 aliphatic carbocycles. The number of carbonyl (C=O) groups excluding carboxylic acids is 1. The van der Waals surface area contributed by atoms with Gasteiger partial charge in [0.05, 0.1) is 5.56 Å². The van der Waals surface area contributed by atoms with Gasteiger partial charge in [0.2, 0.25) is 5.88 Å². The van der Waals surface area contributed by atoms with E-state index >= 15 is 0 Å². The number of halogens is 5. The Morgan fingerprint density at radius 2 is 1.88 bits per heavy atom. The average molecular weight is 494 g/mol. The Kier molecular flexibility index (Phi) is 5.79. The van der Waals surface area contributed by atoms with E-state index in [2.05, 4.69) is 20.1 Å². The third-order valence-electron chi connectivity index (χ3n) is 4.46. The molecule has 0 aliphatic heterocycles. The first kappa shape index (κ1) is 22.9. The fourth-order valence-corrected chi connectivity index (χ4v) is 3.17. The third kappa shape index (κ3) is 4.20. The summed E-state index contributed by atoms with van der Waals surface area (Å²) < 4.78 is 62.3. The molecule has 4 aromatic rings. The number of alkyl halides is 3. The summed E-state index contributed by atoms with van der Waals surface area (Å²) in [6.07, 6.45) is -2.74. The number of pyridine rings is 1. The normalized spacial score (nSPS) is 11.4. The van der Waals surface area contributed by atoms with Crippen molar-refractivity contribution < 1.29 is 27.1 Å². The number of nitrogens with zero attached hydrogens (tertiary/aromatic N) is 5. The molecule has 0 aliphatic rings. The average Bonchev–Trinajstić information content (AvgIpc) is 3.20. The molecule has 174 valence electrons. The van der Waals surface area contributed by atoms with Crippen LogP contribution in [0.4, 0.5) is 23.4 Å². The number of benzene rings is 1. The van der Waals surface area contributed by atoms with Crippen molar-refractivity contribution in [2.45, 2.75) is 6.18 Å². The number of primary amides is 1. The monoisotopic (exact) mass is 493 g/mol. The van der Waals surface area contributed by atoms with E-state index in [9.17, 15) is 22.4 Å². The van der Waals surface area contributed by atoms with Crippen LogP contribution in [0.2, 0.25) is 5.02 Å². The number of carbonyl (C=O) groups is 1. The number of nitrogen functional groups attached to an aromatic ring is 1. The van der Waals surface area contributed by atoms with Gasteiger partial charge in [-0.3, -0.25) is 4.79 Å². The molecule has 0 spiro atoms. The lowest BCUT2D eigenvalue weighted by molar-refractivity contribution is -0.143. The Hall–Kier alpha value is -4.26. The Morgan fingerprint density at radius 1 is 1.12 bits per heavy atom. The first-order chi connectivity index (χ1) is 16.1. The standard InChI is InChI=1S/C20H12ClF4N7O2/c21-14-17(26)29-8-30-19(14)34-11-5-4-9(7-10(11)22)15-13(18(27)33)16(20(23,24)25)32(31-15)12-3-1-2-6-28-12/h1-8H,(H2,27,33)(H2,26,29,30). The second-order valence-electron chi connectivity index (χ2n) is 6.66. The Morgan fingerprint density at radius 3 is 2.50 bits per heavy atom. The Bertz CT molecular complexity index is 1390. The summed E-state index contributed by atoms with van der Waals surface area (Å²) in [5, 5.41) is 3.73. The zero-order valence-electron chi connectivity index (χ0n) is 16.7. The second-order valence-corrected chi connectivity index (χ2v) is 7.04.